The van der Waals surface area contributed by atoms with Crippen LogP contribution in [0.5, 0.6) is 0 Å². The predicted molar refractivity (Wildman–Crippen MR) is 72.7 cm³/mol. The monoisotopic (exact) mass is 231 g/mol. The Bertz CT molecular complexity index is 460. The highest BCUT2D eigenvalue weighted by atomic mass is 32.2. The first-order valence-corrected chi connectivity index (χ1v) is 6.83. The lowest BCUT2D eigenvalue weighted by Crippen LogP contribution is -1.93. The maximum Gasteiger partial charge on any atom is 0.0742 e. The zero-order chi connectivity index (χ0) is 11.4. The quantitative estimate of drug-likeness (QED) is 0.785. The van der Waals surface area contributed by atoms with E-state index in [4.69, 9.17) is 0 Å². The van der Waals surface area contributed by atoms with Gasteiger partial charge in [0, 0.05) is 17.3 Å². The zero-order valence-electron chi connectivity index (χ0n) is 9.81. The number of nitrogens with zero attached hydrogens (tertiary/aromatic N) is 1. The SMILES string of the molecule is CC(C)CSCc1cccc2cccnc12. The molecule has 0 aliphatic heterocycles. The van der Waals surface area contributed by atoms with Crippen molar-refractivity contribution in [3.63, 3.8) is 0 Å². The van der Waals surface area contributed by atoms with Crippen LogP contribution >= 0.6 is 11.8 Å². The van der Waals surface area contributed by atoms with Crippen molar-refractivity contribution in [1.82, 2.24) is 4.98 Å². The Morgan fingerprint density at radius 2 is 2.00 bits per heavy atom. The topological polar surface area (TPSA) is 12.9 Å². The third kappa shape index (κ3) is 2.76. The molecule has 0 spiro atoms. The smallest absolute Gasteiger partial charge is 0.0742 e. The van der Waals surface area contributed by atoms with Crippen LogP contribution in [0.25, 0.3) is 10.9 Å². The molecule has 0 N–H and O–H groups in total. The molecule has 84 valence electrons. The van der Waals surface area contributed by atoms with Gasteiger partial charge in [-0.2, -0.15) is 11.8 Å². The van der Waals surface area contributed by atoms with Crippen LogP contribution < -0.4 is 0 Å². The first-order chi connectivity index (χ1) is 7.77. The van der Waals surface area contributed by atoms with Gasteiger partial charge in [-0.1, -0.05) is 38.1 Å². The second-order valence-electron chi connectivity index (χ2n) is 4.40. The molecule has 1 aromatic carbocycles. The highest BCUT2D eigenvalue weighted by molar-refractivity contribution is 7.98. The van der Waals surface area contributed by atoms with Gasteiger partial charge < -0.3 is 0 Å². The van der Waals surface area contributed by atoms with Crippen LogP contribution in [0.15, 0.2) is 36.5 Å². The van der Waals surface area contributed by atoms with Crippen molar-refractivity contribution in [2.24, 2.45) is 5.92 Å². The molecule has 0 unspecified atom stereocenters. The van der Waals surface area contributed by atoms with Gasteiger partial charge in [0.2, 0.25) is 0 Å². The maximum absolute atomic E-state index is 4.47. The average molecular weight is 231 g/mol. The lowest BCUT2D eigenvalue weighted by molar-refractivity contribution is 0.750. The van der Waals surface area contributed by atoms with Gasteiger partial charge in [-0.25, -0.2) is 0 Å². The second kappa shape index (κ2) is 5.35. The molecule has 0 saturated carbocycles. The highest BCUT2D eigenvalue weighted by Crippen LogP contribution is 2.21. The van der Waals surface area contributed by atoms with Crippen molar-refractivity contribution in [1.29, 1.82) is 0 Å². The molecule has 0 bridgehead atoms. The van der Waals surface area contributed by atoms with Crippen molar-refractivity contribution < 1.29 is 0 Å². The van der Waals surface area contributed by atoms with E-state index < -0.39 is 0 Å². The fourth-order valence-electron chi connectivity index (χ4n) is 1.69. The van der Waals surface area contributed by atoms with Crippen molar-refractivity contribution in [2.75, 3.05) is 5.75 Å². The van der Waals surface area contributed by atoms with Crippen LogP contribution in [0, 0.1) is 5.92 Å². The predicted octanol–water partition coefficient (Wildman–Crippen LogP) is 4.12. The van der Waals surface area contributed by atoms with Gasteiger partial charge in [0.1, 0.15) is 0 Å². The number of aromatic nitrogens is 1. The van der Waals surface area contributed by atoms with Gasteiger partial charge in [0.15, 0.2) is 0 Å². The Morgan fingerprint density at radius 3 is 2.81 bits per heavy atom. The first-order valence-electron chi connectivity index (χ1n) is 5.68. The Morgan fingerprint density at radius 1 is 1.19 bits per heavy atom. The standard InChI is InChI=1S/C14H17NS/c1-11(2)9-16-10-13-6-3-5-12-7-4-8-15-14(12)13/h3-8,11H,9-10H2,1-2H3. The number of hydrogen-bond donors (Lipinski definition) is 0. The molecule has 1 aromatic heterocycles. The molecule has 2 aromatic rings. The summed E-state index contributed by atoms with van der Waals surface area (Å²) >= 11 is 1.99. The van der Waals surface area contributed by atoms with E-state index >= 15 is 0 Å². The summed E-state index contributed by atoms with van der Waals surface area (Å²) in [7, 11) is 0. The molecule has 0 amide bonds. The summed E-state index contributed by atoms with van der Waals surface area (Å²) in [4.78, 5) is 4.47. The first kappa shape index (κ1) is 11.5. The molecular formula is C14H17NS. The Balaban J connectivity index is 2.17. The molecule has 0 aliphatic carbocycles. The molecule has 2 heteroatoms. The number of para-hydroxylation sites is 1. The molecule has 0 aliphatic rings. The van der Waals surface area contributed by atoms with Crippen LogP contribution in [-0.4, -0.2) is 10.7 Å². The lowest BCUT2D eigenvalue weighted by Gasteiger charge is -2.07. The van der Waals surface area contributed by atoms with E-state index in [1.54, 1.807) is 0 Å². The minimum atomic E-state index is 0.757. The van der Waals surface area contributed by atoms with Gasteiger partial charge in [0.05, 0.1) is 5.52 Å². The van der Waals surface area contributed by atoms with Gasteiger partial charge in [-0.15, -0.1) is 0 Å². The van der Waals surface area contributed by atoms with Crippen molar-refractivity contribution in [3.8, 4) is 0 Å². The zero-order valence-corrected chi connectivity index (χ0v) is 10.6. The van der Waals surface area contributed by atoms with Crippen LogP contribution in [-0.2, 0) is 5.75 Å². The summed E-state index contributed by atoms with van der Waals surface area (Å²) in [5.74, 6) is 3.03. The Kier molecular flexibility index (Phi) is 3.83. The summed E-state index contributed by atoms with van der Waals surface area (Å²) < 4.78 is 0. The molecule has 0 fully saturated rings. The van der Waals surface area contributed by atoms with E-state index in [9.17, 15) is 0 Å². The van der Waals surface area contributed by atoms with E-state index in [2.05, 4.69) is 43.1 Å². The van der Waals surface area contributed by atoms with Gasteiger partial charge in [0.25, 0.3) is 0 Å². The third-order valence-electron chi connectivity index (χ3n) is 2.43. The van der Waals surface area contributed by atoms with Crippen LogP contribution in [0.4, 0.5) is 0 Å². The molecular weight excluding hydrogens is 214 g/mol. The van der Waals surface area contributed by atoms with E-state index in [1.165, 1.54) is 16.7 Å². The number of fused-ring (bicyclic) bond motifs is 1. The number of rotatable bonds is 4. The van der Waals surface area contributed by atoms with Gasteiger partial charge >= 0.3 is 0 Å². The summed E-state index contributed by atoms with van der Waals surface area (Å²) in [5.41, 5.74) is 2.50. The molecule has 0 saturated heterocycles. The van der Waals surface area contributed by atoms with Crippen molar-refractivity contribution in [3.05, 3.63) is 42.1 Å². The Labute approximate surface area is 101 Å². The van der Waals surface area contributed by atoms with E-state index in [1.807, 2.05) is 24.0 Å². The van der Waals surface area contributed by atoms with Crippen LogP contribution in [0.3, 0.4) is 0 Å². The van der Waals surface area contributed by atoms with E-state index in [0.717, 1.165) is 17.2 Å². The third-order valence-corrected chi connectivity index (χ3v) is 3.84. The lowest BCUT2D eigenvalue weighted by atomic mass is 10.1. The van der Waals surface area contributed by atoms with Crippen LogP contribution in [0.1, 0.15) is 19.4 Å². The summed E-state index contributed by atoms with van der Waals surface area (Å²) in [6.07, 6.45) is 1.87. The number of thioether (sulfide) groups is 1. The second-order valence-corrected chi connectivity index (χ2v) is 5.43. The normalized spacial score (nSPS) is 11.2. The highest BCUT2D eigenvalue weighted by Gasteiger charge is 2.02. The number of benzene rings is 1. The fraction of sp³-hybridized carbons (Fsp3) is 0.357. The van der Waals surface area contributed by atoms with Crippen molar-refractivity contribution >= 4 is 22.7 Å². The minimum absolute atomic E-state index is 0.757. The summed E-state index contributed by atoms with van der Waals surface area (Å²) in [5, 5.41) is 1.24. The van der Waals surface area contributed by atoms with E-state index in [-0.39, 0.29) is 0 Å². The molecule has 1 heterocycles. The summed E-state index contributed by atoms with van der Waals surface area (Å²) in [6, 6.07) is 10.5. The van der Waals surface area contributed by atoms with Crippen LogP contribution in [0.2, 0.25) is 0 Å². The molecule has 16 heavy (non-hydrogen) atoms. The number of hydrogen-bond acceptors (Lipinski definition) is 2. The largest absolute Gasteiger partial charge is 0.256 e. The average Bonchev–Trinajstić information content (AvgIpc) is 2.29. The molecule has 0 atom stereocenters. The van der Waals surface area contributed by atoms with Gasteiger partial charge in [-0.3, -0.25) is 4.98 Å². The Hall–Kier alpha value is -1.02. The summed E-state index contributed by atoms with van der Waals surface area (Å²) in [6.45, 7) is 4.52. The number of pyridine rings is 1. The molecule has 0 radical (unpaired) electrons. The van der Waals surface area contributed by atoms with Gasteiger partial charge in [-0.05, 0) is 23.3 Å². The minimum Gasteiger partial charge on any atom is -0.256 e. The maximum atomic E-state index is 4.47. The molecule has 2 rings (SSSR count). The van der Waals surface area contributed by atoms with E-state index in [0.29, 0.717) is 0 Å². The van der Waals surface area contributed by atoms with Crippen molar-refractivity contribution in [2.45, 2.75) is 19.6 Å². The molecule has 1 nitrogen and oxygen atoms in total. The fourth-order valence-corrected chi connectivity index (χ4v) is 2.73.